The first kappa shape index (κ1) is 16.5. The van der Waals surface area contributed by atoms with Gasteiger partial charge < -0.3 is 19.5 Å². The fourth-order valence-electron chi connectivity index (χ4n) is 2.25. The molecule has 1 aromatic carbocycles. The summed E-state index contributed by atoms with van der Waals surface area (Å²) in [5.74, 6) is 3.89. The van der Waals surface area contributed by atoms with Crippen molar-refractivity contribution in [2.45, 2.75) is 18.9 Å². The van der Waals surface area contributed by atoms with Gasteiger partial charge in [0, 0.05) is 31.9 Å². The Morgan fingerprint density at radius 3 is 2.86 bits per heavy atom. The van der Waals surface area contributed by atoms with Gasteiger partial charge in [-0.15, -0.1) is 0 Å². The van der Waals surface area contributed by atoms with E-state index in [1.54, 1.807) is 7.11 Å². The van der Waals surface area contributed by atoms with E-state index in [4.69, 9.17) is 14.2 Å². The SMILES string of the molecule is CNC(CSCCCOC)c1ccc2c(c1)OCCCO2. The van der Waals surface area contributed by atoms with Crippen LogP contribution in [0.1, 0.15) is 24.4 Å². The van der Waals surface area contributed by atoms with Gasteiger partial charge in [-0.25, -0.2) is 0 Å². The van der Waals surface area contributed by atoms with Crippen molar-refractivity contribution in [2.24, 2.45) is 0 Å². The molecule has 0 spiro atoms. The summed E-state index contributed by atoms with van der Waals surface area (Å²) in [6, 6.07) is 6.59. The van der Waals surface area contributed by atoms with Crippen LogP contribution in [-0.2, 0) is 4.74 Å². The zero-order valence-corrected chi connectivity index (χ0v) is 13.7. The van der Waals surface area contributed by atoms with Crippen molar-refractivity contribution in [3.63, 3.8) is 0 Å². The van der Waals surface area contributed by atoms with Crippen molar-refractivity contribution in [2.75, 3.05) is 45.5 Å². The molecule has 1 heterocycles. The first-order chi connectivity index (χ1) is 10.3. The summed E-state index contributed by atoms with van der Waals surface area (Å²) in [7, 11) is 3.75. The van der Waals surface area contributed by atoms with Gasteiger partial charge in [0.05, 0.1) is 13.2 Å². The van der Waals surface area contributed by atoms with Crippen molar-refractivity contribution in [3.05, 3.63) is 23.8 Å². The normalized spacial score (nSPS) is 15.5. The van der Waals surface area contributed by atoms with E-state index in [2.05, 4.69) is 17.4 Å². The van der Waals surface area contributed by atoms with Crippen LogP contribution in [0.4, 0.5) is 0 Å². The Hall–Kier alpha value is -0.910. The Balaban J connectivity index is 1.93. The molecule has 0 aromatic heterocycles. The summed E-state index contributed by atoms with van der Waals surface area (Å²) >= 11 is 1.95. The van der Waals surface area contributed by atoms with Crippen LogP contribution in [0.2, 0.25) is 0 Å². The molecule has 0 saturated heterocycles. The smallest absolute Gasteiger partial charge is 0.161 e. The topological polar surface area (TPSA) is 39.7 Å². The first-order valence-corrected chi connectivity index (χ1v) is 8.64. The Bertz CT molecular complexity index is 428. The van der Waals surface area contributed by atoms with Crippen LogP contribution < -0.4 is 14.8 Å². The van der Waals surface area contributed by atoms with Crippen molar-refractivity contribution in [3.8, 4) is 11.5 Å². The van der Waals surface area contributed by atoms with E-state index in [9.17, 15) is 0 Å². The molecule has 1 unspecified atom stereocenters. The van der Waals surface area contributed by atoms with Crippen LogP contribution in [0.15, 0.2) is 18.2 Å². The number of ether oxygens (including phenoxy) is 3. The molecule has 0 fully saturated rings. The maximum atomic E-state index is 5.77. The molecule has 1 aromatic rings. The second-order valence-corrected chi connectivity index (χ2v) is 6.17. The van der Waals surface area contributed by atoms with Gasteiger partial charge in [-0.05, 0) is 36.9 Å². The highest BCUT2D eigenvalue weighted by molar-refractivity contribution is 7.99. The van der Waals surface area contributed by atoms with Gasteiger partial charge in [0.1, 0.15) is 0 Å². The highest BCUT2D eigenvalue weighted by atomic mass is 32.2. The molecule has 1 aliphatic rings. The lowest BCUT2D eigenvalue weighted by Crippen LogP contribution is -2.19. The van der Waals surface area contributed by atoms with E-state index in [-0.39, 0.29) is 0 Å². The van der Waals surface area contributed by atoms with Crippen LogP contribution in [0.5, 0.6) is 11.5 Å². The summed E-state index contributed by atoms with van der Waals surface area (Å²) in [6.45, 7) is 2.30. The Labute approximate surface area is 131 Å². The quantitative estimate of drug-likeness (QED) is 0.748. The average Bonchev–Trinajstić information content (AvgIpc) is 2.75. The molecule has 1 aliphatic heterocycles. The zero-order chi connectivity index (χ0) is 14.9. The number of nitrogens with one attached hydrogen (secondary N) is 1. The van der Waals surface area contributed by atoms with Gasteiger partial charge in [0.2, 0.25) is 0 Å². The predicted octanol–water partition coefficient (Wildman–Crippen LogP) is 2.88. The molecule has 0 aliphatic carbocycles. The molecule has 0 saturated carbocycles. The second kappa shape index (κ2) is 9.18. The first-order valence-electron chi connectivity index (χ1n) is 7.48. The summed E-state index contributed by atoms with van der Waals surface area (Å²) in [6.07, 6.45) is 2.04. The van der Waals surface area contributed by atoms with Gasteiger partial charge in [-0.1, -0.05) is 6.07 Å². The lowest BCUT2D eigenvalue weighted by atomic mass is 10.1. The molecule has 118 valence electrons. The lowest BCUT2D eigenvalue weighted by Gasteiger charge is -2.18. The molecule has 1 N–H and O–H groups in total. The predicted molar refractivity (Wildman–Crippen MR) is 87.7 cm³/mol. The molecule has 4 nitrogen and oxygen atoms in total. The molecule has 5 heteroatoms. The maximum Gasteiger partial charge on any atom is 0.161 e. The minimum absolute atomic E-state index is 0.328. The van der Waals surface area contributed by atoms with E-state index >= 15 is 0 Å². The molecule has 21 heavy (non-hydrogen) atoms. The van der Waals surface area contributed by atoms with Crippen molar-refractivity contribution in [1.29, 1.82) is 0 Å². The van der Waals surface area contributed by atoms with Crippen molar-refractivity contribution in [1.82, 2.24) is 5.32 Å². The van der Waals surface area contributed by atoms with Gasteiger partial charge in [-0.3, -0.25) is 0 Å². The summed E-state index contributed by atoms with van der Waals surface area (Å²) in [5.41, 5.74) is 1.25. The third kappa shape index (κ3) is 5.09. The number of rotatable bonds is 8. The second-order valence-electron chi connectivity index (χ2n) is 5.02. The molecule has 2 rings (SSSR count). The molecular weight excluding hydrogens is 286 g/mol. The van der Waals surface area contributed by atoms with Crippen LogP contribution in [0, 0.1) is 0 Å². The maximum absolute atomic E-state index is 5.77. The summed E-state index contributed by atoms with van der Waals surface area (Å²) < 4.78 is 16.5. The number of benzene rings is 1. The van der Waals surface area contributed by atoms with Crippen LogP contribution in [0.3, 0.4) is 0 Å². The average molecular weight is 311 g/mol. The van der Waals surface area contributed by atoms with E-state index < -0.39 is 0 Å². The fourth-order valence-corrected chi connectivity index (χ4v) is 3.33. The monoisotopic (exact) mass is 311 g/mol. The Morgan fingerprint density at radius 1 is 1.29 bits per heavy atom. The van der Waals surface area contributed by atoms with Crippen LogP contribution in [0.25, 0.3) is 0 Å². The highest BCUT2D eigenvalue weighted by Crippen LogP contribution is 2.33. The number of fused-ring (bicyclic) bond motifs is 1. The van der Waals surface area contributed by atoms with Crippen molar-refractivity contribution >= 4 is 11.8 Å². The van der Waals surface area contributed by atoms with E-state index in [0.717, 1.165) is 55.7 Å². The number of methoxy groups -OCH3 is 1. The Kier molecular flexibility index (Phi) is 7.19. The molecule has 1 atom stereocenters. The molecule has 0 radical (unpaired) electrons. The largest absolute Gasteiger partial charge is 0.490 e. The standard InChI is InChI=1S/C16H25NO3S/c1-17-14(12-21-10-4-7-18-2)13-5-6-15-16(11-13)20-9-3-8-19-15/h5-6,11,14,17H,3-4,7-10,12H2,1-2H3. The molecule has 0 amide bonds. The summed E-state index contributed by atoms with van der Waals surface area (Å²) in [5, 5.41) is 3.38. The molecular formula is C16H25NO3S. The zero-order valence-electron chi connectivity index (χ0n) is 12.9. The van der Waals surface area contributed by atoms with Gasteiger partial charge >= 0.3 is 0 Å². The lowest BCUT2D eigenvalue weighted by molar-refractivity contribution is 0.200. The fraction of sp³-hybridized carbons (Fsp3) is 0.625. The third-order valence-corrected chi connectivity index (χ3v) is 4.59. The van der Waals surface area contributed by atoms with Crippen LogP contribution >= 0.6 is 11.8 Å². The van der Waals surface area contributed by atoms with Crippen LogP contribution in [-0.4, -0.2) is 45.5 Å². The van der Waals surface area contributed by atoms with E-state index in [1.807, 2.05) is 24.9 Å². The Morgan fingerprint density at radius 2 is 2.10 bits per heavy atom. The molecule has 0 bridgehead atoms. The van der Waals surface area contributed by atoms with Gasteiger partial charge in [0.25, 0.3) is 0 Å². The highest BCUT2D eigenvalue weighted by Gasteiger charge is 2.15. The van der Waals surface area contributed by atoms with Gasteiger partial charge in [-0.2, -0.15) is 11.8 Å². The van der Waals surface area contributed by atoms with Gasteiger partial charge in [0.15, 0.2) is 11.5 Å². The minimum Gasteiger partial charge on any atom is -0.490 e. The van der Waals surface area contributed by atoms with Crippen molar-refractivity contribution < 1.29 is 14.2 Å². The number of thioether (sulfide) groups is 1. The minimum atomic E-state index is 0.328. The van der Waals surface area contributed by atoms with E-state index in [1.165, 1.54) is 5.56 Å². The summed E-state index contributed by atoms with van der Waals surface area (Å²) in [4.78, 5) is 0. The number of hydrogen-bond acceptors (Lipinski definition) is 5. The number of hydrogen-bond donors (Lipinski definition) is 1. The third-order valence-electron chi connectivity index (χ3n) is 3.44. The van der Waals surface area contributed by atoms with E-state index in [0.29, 0.717) is 6.04 Å².